The van der Waals surface area contributed by atoms with Gasteiger partial charge in [0.05, 0.1) is 17.8 Å². The minimum absolute atomic E-state index is 0.111. The second-order valence-electron chi connectivity index (χ2n) is 11.3. The molecule has 2 saturated carbocycles. The highest BCUT2D eigenvalue weighted by Gasteiger charge is 2.61. The highest BCUT2D eigenvalue weighted by molar-refractivity contribution is 6.74. The molecule has 0 bridgehead atoms. The maximum absolute atomic E-state index is 11.4. The van der Waals surface area contributed by atoms with Gasteiger partial charge in [0.15, 0.2) is 8.32 Å². The molecule has 0 aromatic heterocycles. The summed E-state index contributed by atoms with van der Waals surface area (Å²) in [6.45, 7) is 14.0. The number of aliphatic hydroxyl groups is 3. The van der Waals surface area contributed by atoms with Crippen molar-refractivity contribution in [2.45, 2.75) is 95.7 Å². The summed E-state index contributed by atoms with van der Waals surface area (Å²) in [4.78, 5) is 0. The average molecular weight is 421 g/mol. The number of aliphatic hydroxyl groups excluding tert-OH is 1. The maximum Gasteiger partial charge on any atom is 0.192 e. The molecule has 0 amide bonds. The molecule has 4 atom stereocenters. The van der Waals surface area contributed by atoms with Crippen molar-refractivity contribution in [3.05, 3.63) is 35.4 Å². The average Bonchev–Trinajstić information content (AvgIpc) is 2.89. The van der Waals surface area contributed by atoms with E-state index < -0.39 is 19.5 Å². The fourth-order valence-corrected chi connectivity index (χ4v) is 6.05. The van der Waals surface area contributed by atoms with E-state index in [9.17, 15) is 15.3 Å². The third-order valence-corrected chi connectivity index (χ3v) is 13.1. The normalized spacial score (nSPS) is 35.6. The fraction of sp³-hybridized carbons (Fsp3) is 0.750. The molecule has 164 valence electrons. The molecule has 0 heterocycles. The van der Waals surface area contributed by atoms with Gasteiger partial charge in [-0.3, -0.25) is 0 Å². The number of hydrogen-bond donors (Lipinski definition) is 3. The molecular weight excluding hydrogens is 380 g/mol. The SMILES string of the molecule is CC(C)(C)[Si](C)(C)OCc1ccc([C@@]2(O)CC[C@]3(C)[C@@H](CO)CC[C@]3(O)C2)cc1. The molecule has 2 fully saturated rings. The van der Waals surface area contributed by atoms with E-state index in [-0.39, 0.29) is 23.0 Å². The van der Waals surface area contributed by atoms with Crippen molar-refractivity contribution < 1.29 is 19.7 Å². The van der Waals surface area contributed by atoms with E-state index in [4.69, 9.17) is 4.43 Å². The lowest BCUT2D eigenvalue weighted by Crippen LogP contribution is -2.54. The molecular formula is C24H40O4Si. The van der Waals surface area contributed by atoms with Crippen LogP contribution in [0.2, 0.25) is 18.1 Å². The van der Waals surface area contributed by atoms with Gasteiger partial charge in [0.1, 0.15) is 0 Å². The zero-order valence-electron chi connectivity index (χ0n) is 19.1. The summed E-state index contributed by atoms with van der Waals surface area (Å²) in [5, 5.41) is 32.7. The summed E-state index contributed by atoms with van der Waals surface area (Å²) in [7, 11) is -1.79. The monoisotopic (exact) mass is 420 g/mol. The summed E-state index contributed by atoms with van der Waals surface area (Å²) in [6.07, 6.45) is 3.15. The Morgan fingerprint density at radius 1 is 1.07 bits per heavy atom. The van der Waals surface area contributed by atoms with Crippen molar-refractivity contribution in [1.29, 1.82) is 0 Å². The Kier molecular flexibility index (Phi) is 5.90. The predicted molar refractivity (Wildman–Crippen MR) is 119 cm³/mol. The van der Waals surface area contributed by atoms with E-state index in [1.54, 1.807) is 0 Å². The second kappa shape index (κ2) is 7.45. The molecule has 5 heteroatoms. The van der Waals surface area contributed by atoms with Gasteiger partial charge in [0.2, 0.25) is 0 Å². The van der Waals surface area contributed by atoms with Gasteiger partial charge in [-0.1, -0.05) is 52.0 Å². The van der Waals surface area contributed by atoms with Crippen LogP contribution >= 0.6 is 0 Å². The standard InChI is InChI=1S/C24H40O4Si/c1-21(2,3)29(5,6)28-16-18-7-9-19(10-8-18)23(26)14-13-22(4)20(15-25)11-12-24(22,27)17-23/h7-10,20,25-27H,11-17H2,1-6H3/t20-,22-,23-,24+/m1/s1. The van der Waals surface area contributed by atoms with Crippen LogP contribution in [0, 0.1) is 11.3 Å². The highest BCUT2D eigenvalue weighted by Crippen LogP contribution is 2.61. The zero-order valence-corrected chi connectivity index (χ0v) is 20.1. The van der Waals surface area contributed by atoms with Gasteiger partial charge in [-0.25, -0.2) is 0 Å². The van der Waals surface area contributed by atoms with Crippen LogP contribution < -0.4 is 0 Å². The number of rotatable bonds is 5. The largest absolute Gasteiger partial charge is 0.413 e. The van der Waals surface area contributed by atoms with Crippen molar-refractivity contribution in [2.24, 2.45) is 11.3 Å². The van der Waals surface area contributed by atoms with Crippen LogP contribution in [0.5, 0.6) is 0 Å². The summed E-state index contributed by atoms with van der Waals surface area (Å²) < 4.78 is 6.31. The number of benzene rings is 1. The molecule has 3 rings (SSSR count). The minimum atomic E-state index is -1.79. The Bertz CT molecular complexity index is 725. The Hall–Kier alpha value is -0.723. The Morgan fingerprint density at radius 3 is 2.24 bits per heavy atom. The molecule has 29 heavy (non-hydrogen) atoms. The van der Waals surface area contributed by atoms with E-state index in [1.807, 2.05) is 24.3 Å². The molecule has 0 radical (unpaired) electrons. The first kappa shape index (κ1) is 23.0. The van der Waals surface area contributed by atoms with Crippen molar-refractivity contribution in [2.75, 3.05) is 6.61 Å². The van der Waals surface area contributed by atoms with E-state index in [1.165, 1.54) is 0 Å². The van der Waals surface area contributed by atoms with Crippen molar-refractivity contribution in [1.82, 2.24) is 0 Å². The number of fused-ring (bicyclic) bond motifs is 1. The highest BCUT2D eigenvalue weighted by atomic mass is 28.4. The van der Waals surface area contributed by atoms with Crippen LogP contribution in [-0.2, 0) is 16.6 Å². The lowest BCUT2D eigenvalue weighted by molar-refractivity contribution is -0.173. The first-order chi connectivity index (χ1) is 13.3. The van der Waals surface area contributed by atoms with Gasteiger partial charge < -0.3 is 19.7 Å². The van der Waals surface area contributed by atoms with E-state index in [0.29, 0.717) is 25.9 Å². The first-order valence-corrected chi connectivity index (χ1v) is 14.0. The Morgan fingerprint density at radius 2 is 1.69 bits per heavy atom. The lowest BCUT2D eigenvalue weighted by atomic mass is 9.58. The van der Waals surface area contributed by atoms with Gasteiger partial charge in [-0.05, 0) is 60.9 Å². The molecule has 0 saturated heterocycles. The van der Waals surface area contributed by atoms with Crippen molar-refractivity contribution >= 4 is 8.32 Å². The Balaban J connectivity index is 1.72. The van der Waals surface area contributed by atoms with Crippen LogP contribution in [0.1, 0.15) is 70.9 Å². The summed E-state index contributed by atoms with van der Waals surface area (Å²) in [5.74, 6) is 0.118. The van der Waals surface area contributed by atoms with Crippen LogP contribution in [0.3, 0.4) is 0 Å². The van der Waals surface area contributed by atoms with Crippen LogP contribution in [0.4, 0.5) is 0 Å². The summed E-state index contributed by atoms with van der Waals surface area (Å²) >= 11 is 0. The first-order valence-electron chi connectivity index (χ1n) is 11.1. The molecule has 0 spiro atoms. The van der Waals surface area contributed by atoms with Gasteiger partial charge in [-0.2, -0.15) is 0 Å². The quantitative estimate of drug-likeness (QED) is 0.603. The van der Waals surface area contributed by atoms with Crippen LogP contribution in [-0.4, -0.2) is 35.8 Å². The second-order valence-corrected chi connectivity index (χ2v) is 16.1. The van der Waals surface area contributed by atoms with Gasteiger partial charge in [0, 0.05) is 18.4 Å². The third-order valence-electron chi connectivity index (χ3n) is 8.63. The van der Waals surface area contributed by atoms with E-state index in [0.717, 1.165) is 24.0 Å². The predicted octanol–water partition coefficient (Wildman–Crippen LogP) is 4.72. The zero-order chi connectivity index (χ0) is 21.7. The maximum atomic E-state index is 11.4. The fourth-order valence-electron chi connectivity index (χ4n) is 5.09. The minimum Gasteiger partial charge on any atom is -0.413 e. The van der Waals surface area contributed by atoms with Gasteiger partial charge in [0.25, 0.3) is 0 Å². The van der Waals surface area contributed by atoms with Crippen molar-refractivity contribution in [3.8, 4) is 0 Å². The lowest BCUT2D eigenvalue weighted by Gasteiger charge is -2.52. The number of hydrogen-bond acceptors (Lipinski definition) is 4. The topological polar surface area (TPSA) is 69.9 Å². The molecule has 3 N–H and O–H groups in total. The smallest absolute Gasteiger partial charge is 0.192 e. The molecule has 0 aliphatic heterocycles. The molecule has 2 aliphatic carbocycles. The summed E-state index contributed by atoms with van der Waals surface area (Å²) in [5.41, 5.74) is -0.265. The molecule has 1 aromatic rings. The Labute approximate surface area is 177 Å². The van der Waals surface area contributed by atoms with Crippen LogP contribution in [0.15, 0.2) is 24.3 Å². The van der Waals surface area contributed by atoms with Gasteiger partial charge in [-0.15, -0.1) is 0 Å². The van der Waals surface area contributed by atoms with E-state index in [2.05, 4.69) is 40.8 Å². The third kappa shape index (κ3) is 3.97. The molecule has 0 unspecified atom stereocenters. The van der Waals surface area contributed by atoms with E-state index >= 15 is 0 Å². The summed E-state index contributed by atoms with van der Waals surface area (Å²) in [6, 6.07) is 8.08. The van der Waals surface area contributed by atoms with Crippen molar-refractivity contribution in [3.63, 3.8) is 0 Å². The van der Waals surface area contributed by atoms with Crippen LogP contribution in [0.25, 0.3) is 0 Å². The molecule has 4 nitrogen and oxygen atoms in total. The molecule has 2 aliphatic rings. The molecule has 1 aromatic carbocycles. The van der Waals surface area contributed by atoms with Gasteiger partial charge >= 0.3 is 0 Å².